The van der Waals surface area contributed by atoms with Crippen LogP contribution in [0.25, 0.3) is 0 Å². The molecule has 5 nitrogen and oxygen atoms in total. The van der Waals surface area contributed by atoms with Crippen molar-refractivity contribution in [3.05, 3.63) is 4.88 Å². The van der Waals surface area contributed by atoms with Gasteiger partial charge in [0.2, 0.25) is 0 Å². The summed E-state index contributed by atoms with van der Waals surface area (Å²) < 4.78 is 9.06. The largest absolute Gasteiger partial charge is 0.492 e. The number of anilines is 1. The van der Waals surface area contributed by atoms with E-state index in [1.165, 1.54) is 18.6 Å². The van der Waals surface area contributed by atoms with Crippen molar-refractivity contribution >= 4 is 23.4 Å². The van der Waals surface area contributed by atoms with E-state index in [0.29, 0.717) is 5.75 Å². The first-order valence-corrected chi connectivity index (χ1v) is 4.98. The van der Waals surface area contributed by atoms with Crippen LogP contribution < -0.4 is 10.1 Å². The maximum Gasteiger partial charge on any atom is 0.410 e. The molecule has 1 aromatic heterocycles. The Balaban J connectivity index is 2.88. The summed E-state index contributed by atoms with van der Waals surface area (Å²) in [5.74, 6) is 0.827. The topological polar surface area (TPSA) is 71.5 Å². The number of hydrogen-bond acceptors (Lipinski definition) is 4. The van der Waals surface area contributed by atoms with Gasteiger partial charge in [0.15, 0.2) is 11.6 Å². The minimum absolute atomic E-state index is 0.286. The van der Waals surface area contributed by atoms with Gasteiger partial charge in [0.25, 0.3) is 0 Å². The van der Waals surface area contributed by atoms with E-state index in [9.17, 15) is 4.79 Å². The predicted octanol–water partition coefficient (Wildman–Crippen LogP) is 2.19. The molecule has 0 saturated heterocycles. The van der Waals surface area contributed by atoms with Gasteiger partial charge in [0.05, 0.1) is 12.0 Å². The first kappa shape index (κ1) is 10.8. The molecule has 0 aliphatic rings. The average Bonchev–Trinajstić information content (AvgIpc) is 2.47. The number of aryl methyl sites for hydroxylation is 1. The molecule has 0 fully saturated rings. The van der Waals surface area contributed by atoms with Crippen LogP contribution in [0.15, 0.2) is 0 Å². The number of rotatable bonds is 4. The molecule has 14 heavy (non-hydrogen) atoms. The minimum atomic E-state index is -1.13. The Morgan fingerprint density at radius 3 is 2.93 bits per heavy atom. The molecule has 6 heteroatoms. The number of hydrogen-bond donors (Lipinski definition) is 2. The van der Waals surface area contributed by atoms with E-state index in [1.807, 2.05) is 6.92 Å². The Bertz CT molecular complexity index is 324. The Morgan fingerprint density at radius 1 is 1.71 bits per heavy atom. The Hall–Kier alpha value is -1.30. The number of carbonyl (C=O) groups is 1. The molecule has 1 rings (SSSR count). The first-order valence-electron chi connectivity index (χ1n) is 4.21. The van der Waals surface area contributed by atoms with Crippen LogP contribution in [0, 0.1) is 0 Å². The fourth-order valence-corrected chi connectivity index (χ4v) is 1.98. The second-order valence-electron chi connectivity index (χ2n) is 2.67. The maximum absolute atomic E-state index is 10.4. The van der Waals surface area contributed by atoms with Crippen LogP contribution >= 0.6 is 11.5 Å². The molecule has 0 bridgehead atoms. The standard InChI is InChI=1S/C8H12N2O3S/c1-3-4-5-6(13-2)7(10-14-5)9-8(11)12/h3-4H2,1-2H3,(H,9,10)(H,11,12). The summed E-state index contributed by atoms with van der Waals surface area (Å²) in [5.41, 5.74) is 0. The number of methoxy groups -OCH3 is 1. The van der Waals surface area contributed by atoms with Gasteiger partial charge in [-0.2, -0.15) is 4.37 Å². The lowest BCUT2D eigenvalue weighted by Gasteiger charge is -2.02. The summed E-state index contributed by atoms with van der Waals surface area (Å²) in [4.78, 5) is 11.4. The first-order chi connectivity index (χ1) is 6.69. The average molecular weight is 216 g/mol. The van der Waals surface area contributed by atoms with Gasteiger partial charge < -0.3 is 9.84 Å². The van der Waals surface area contributed by atoms with Gasteiger partial charge in [0.1, 0.15) is 0 Å². The monoisotopic (exact) mass is 216 g/mol. The molecule has 0 saturated carbocycles. The molecule has 1 amide bonds. The third kappa shape index (κ3) is 2.35. The van der Waals surface area contributed by atoms with E-state index in [1.54, 1.807) is 0 Å². The zero-order chi connectivity index (χ0) is 10.6. The lowest BCUT2D eigenvalue weighted by atomic mass is 10.3. The van der Waals surface area contributed by atoms with Crippen molar-refractivity contribution < 1.29 is 14.6 Å². The molecule has 2 N–H and O–H groups in total. The number of nitrogens with one attached hydrogen (secondary N) is 1. The van der Waals surface area contributed by atoms with E-state index in [-0.39, 0.29) is 5.82 Å². The molecule has 0 aromatic carbocycles. The third-order valence-corrected chi connectivity index (χ3v) is 2.51. The van der Waals surface area contributed by atoms with Gasteiger partial charge in [0, 0.05) is 0 Å². The van der Waals surface area contributed by atoms with Crippen molar-refractivity contribution in [1.82, 2.24) is 4.37 Å². The van der Waals surface area contributed by atoms with E-state index < -0.39 is 6.09 Å². The van der Waals surface area contributed by atoms with E-state index in [0.717, 1.165) is 17.7 Å². The van der Waals surface area contributed by atoms with Crippen LogP contribution in [0.3, 0.4) is 0 Å². The smallest absolute Gasteiger partial charge is 0.410 e. The Labute approximate surface area is 85.9 Å². The number of carboxylic acid groups (broad SMARTS) is 1. The molecule has 0 spiro atoms. The van der Waals surface area contributed by atoms with Gasteiger partial charge >= 0.3 is 6.09 Å². The molecular formula is C8H12N2O3S. The quantitative estimate of drug-likeness (QED) is 0.809. The fourth-order valence-electron chi connectivity index (χ4n) is 1.09. The van der Waals surface area contributed by atoms with Crippen LogP contribution in [-0.4, -0.2) is 22.7 Å². The highest BCUT2D eigenvalue weighted by molar-refractivity contribution is 7.06. The second kappa shape index (κ2) is 4.80. The normalized spacial score (nSPS) is 9.86. The summed E-state index contributed by atoms with van der Waals surface area (Å²) in [6.07, 6.45) is 0.698. The van der Waals surface area contributed by atoms with Crippen LogP contribution in [-0.2, 0) is 6.42 Å². The Morgan fingerprint density at radius 2 is 2.43 bits per heavy atom. The maximum atomic E-state index is 10.4. The van der Waals surface area contributed by atoms with Crippen molar-refractivity contribution in [3.63, 3.8) is 0 Å². The van der Waals surface area contributed by atoms with Crippen molar-refractivity contribution in [3.8, 4) is 5.75 Å². The number of aromatic nitrogens is 1. The highest BCUT2D eigenvalue weighted by Gasteiger charge is 2.15. The third-order valence-electron chi connectivity index (χ3n) is 1.62. The van der Waals surface area contributed by atoms with Crippen LogP contribution in [0.4, 0.5) is 10.6 Å². The molecule has 0 atom stereocenters. The molecule has 0 aliphatic carbocycles. The molecule has 0 aliphatic heterocycles. The van der Waals surface area contributed by atoms with Crippen molar-refractivity contribution in [2.75, 3.05) is 12.4 Å². The van der Waals surface area contributed by atoms with Crippen LogP contribution in [0.2, 0.25) is 0 Å². The number of nitrogens with zero attached hydrogens (tertiary/aromatic N) is 1. The highest BCUT2D eigenvalue weighted by Crippen LogP contribution is 2.32. The molecule has 1 heterocycles. The SMILES string of the molecule is CCCc1snc(NC(=O)O)c1OC. The zero-order valence-electron chi connectivity index (χ0n) is 8.03. The van der Waals surface area contributed by atoms with E-state index in [2.05, 4.69) is 9.69 Å². The zero-order valence-corrected chi connectivity index (χ0v) is 8.85. The van der Waals surface area contributed by atoms with Crippen molar-refractivity contribution in [1.29, 1.82) is 0 Å². The highest BCUT2D eigenvalue weighted by atomic mass is 32.1. The summed E-state index contributed by atoms with van der Waals surface area (Å²) >= 11 is 1.27. The molecule has 0 radical (unpaired) electrons. The lowest BCUT2D eigenvalue weighted by Crippen LogP contribution is -2.08. The lowest BCUT2D eigenvalue weighted by molar-refractivity contribution is 0.209. The van der Waals surface area contributed by atoms with Gasteiger partial charge in [-0.05, 0) is 18.0 Å². The fraction of sp³-hybridized carbons (Fsp3) is 0.500. The van der Waals surface area contributed by atoms with E-state index >= 15 is 0 Å². The van der Waals surface area contributed by atoms with Gasteiger partial charge in [-0.15, -0.1) is 0 Å². The van der Waals surface area contributed by atoms with Gasteiger partial charge in [-0.1, -0.05) is 13.3 Å². The van der Waals surface area contributed by atoms with Crippen LogP contribution in [0.5, 0.6) is 5.75 Å². The summed E-state index contributed by atoms with van der Waals surface area (Å²) in [5, 5.41) is 10.7. The van der Waals surface area contributed by atoms with Crippen LogP contribution in [0.1, 0.15) is 18.2 Å². The minimum Gasteiger partial charge on any atom is -0.492 e. The molecule has 1 aromatic rings. The molecule has 78 valence electrons. The van der Waals surface area contributed by atoms with Crippen molar-refractivity contribution in [2.45, 2.75) is 19.8 Å². The Kier molecular flexibility index (Phi) is 3.70. The number of amides is 1. The number of ether oxygens (including phenoxy) is 1. The summed E-state index contributed by atoms with van der Waals surface area (Å²) in [6.45, 7) is 2.05. The summed E-state index contributed by atoms with van der Waals surface area (Å²) in [7, 11) is 1.51. The molecular weight excluding hydrogens is 204 g/mol. The van der Waals surface area contributed by atoms with E-state index in [4.69, 9.17) is 9.84 Å². The van der Waals surface area contributed by atoms with Crippen molar-refractivity contribution in [2.24, 2.45) is 0 Å². The second-order valence-corrected chi connectivity index (χ2v) is 3.53. The summed E-state index contributed by atoms with van der Waals surface area (Å²) in [6, 6.07) is 0. The van der Waals surface area contributed by atoms with Gasteiger partial charge in [-0.25, -0.2) is 4.79 Å². The van der Waals surface area contributed by atoms with Gasteiger partial charge in [-0.3, -0.25) is 5.32 Å². The predicted molar refractivity (Wildman–Crippen MR) is 54.3 cm³/mol. The molecule has 0 unspecified atom stereocenters.